The first-order valence-electron chi connectivity index (χ1n) is 3.01. The van der Waals surface area contributed by atoms with Crippen molar-refractivity contribution in [3.05, 3.63) is 0 Å². The van der Waals surface area contributed by atoms with Crippen molar-refractivity contribution in [1.82, 2.24) is 5.43 Å². The lowest BCUT2D eigenvalue weighted by Gasteiger charge is -2.24. The molecule has 1 amide bonds. The van der Waals surface area contributed by atoms with Gasteiger partial charge in [0.1, 0.15) is 0 Å². The van der Waals surface area contributed by atoms with Crippen molar-refractivity contribution in [3.63, 3.8) is 0 Å². The molecule has 1 saturated heterocycles. The van der Waals surface area contributed by atoms with Crippen LogP contribution in [-0.2, 0) is 9.53 Å². The third kappa shape index (κ3) is 2.17. The summed E-state index contributed by atoms with van der Waals surface area (Å²) in [4.78, 5) is 10.6. The van der Waals surface area contributed by atoms with Gasteiger partial charge in [-0.1, -0.05) is 0 Å². The Kier molecular flexibility index (Phi) is 2.98. The van der Waals surface area contributed by atoms with E-state index in [2.05, 4.69) is 5.43 Å². The molecule has 0 aromatic carbocycles. The van der Waals surface area contributed by atoms with Gasteiger partial charge in [0.2, 0.25) is 5.91 Å². The molecule has 0 saturated carbocycles. The third-order valence-electron chi connectivity index (χ3n) is 1.22. The molecule has 0 atom stereocenters. The van der Waals surface area contributed by atoms with Crippen molar-refractivity contribution >= 4 is 17.7 Å². The van der Waals surface area contributed by atoms with Gasteiger partial charge in [-0.3, -0.25) is 10.2 Å². The number of ether oxygens (including phenoxy) is 1. The number of carbonyl (C=O) groups excluding carboxylic acids is 1. The number of hydrazine groups is 1. The normalized spacial score (nSPS) is 18.1. The van der Waals surface area contributed by atoms with Crippen molar-refractivity contribution < 1.29 is 9.53 Å². The standard InChI is InChI=1S/C5H10N2O2S/c6-7-5(8)3-10-4-1-9-2-4/h4H,1-3,6H2,(H,7,8). The number of amides is 1. The molecule has 10 heavy (non-hydrogen) atoms. The van der Waals surface area contributed by atoms with E-state index in [1.165, 1.54) is 0 Å². The SMILES string of the molecule is NNC(=O)CSC1COC1. The maximum absolute atomic E-state index is 10.6. The average molecular weight is 162 g/mol. The summed E-state index contributed by atoms with van der Waals surface area (Å²) < 4.78 is 4.92. The van der Waals surface area contributed by atoms with Crippen LogP contribution in [0.2, 0.25) is 0 Å². The van der Waals surface area contributed by atoms with Gasteiger partial charge in [0.15, 0.2) is 0 Å². The van der Waals surface area contributed by atoms with E-state index in [4.69, 9.17) is 10.6 Å². The summed E-state index contributed by atoms with van der Waals surface area (Å²) in [6.45, 7) is 1.53. The fourth-order valence-corrected chi connectivity index (χ4v) is 1.40. The summed E-state index contributed by atoms with van der Waals surface area (Å²) in [5.74, 6) is 5.18. The summed E-state index contributed by atoms with van der Waals surface area (Å²) in [6, 6.07) is 0. The highest BCUT2D eigenvalue weighted by atomic mass is 32.2. The van der Waals surface area contributed by atoms with E-state index in [9.17, 15) is 4.79 Å². The molecule has 0 bridgehead atoms. The van der Waals surface area contributed by atoms with Crippen LogP contribution in [0.1, 0.15) is 0 Å². The number of rotatable bonds is 3. The van der Waals surface area contributed by atoms with Gasteiger partial charge in [-0.25, -0.2) is 5.84 Å². The predicted octanol–water partition coefficient (Wildman–Crippen LogP) is -0.892. The van der Waals surface area contributed by atoms with Crippen LogP contribution in [0.4, 0.5) is 0 Å². The van der Waals surface area contributed by atoms with Crippen LogP contribution in [0.3, 0.4) is 0 Å². The van der Waals surface area contributed by atoms with Gasteiger partial charge in [-0.05, 0) is 0 Å². The fraction of sp³-hybridized carbons (Fsp3) is 0.800. The zero-order chi connectivity index (χ0) is 7.40. The minimum atomic E-state index is -0.128. The molecule has 1 heterocycles. The number of thioether (sulfide) groups is 1. The van der Waals surface area contributed by atoms with Crippen LogP contribution < -0.4 is 11.3 Å². The number of carbonyl (C=O) groups is 1. The Morgan fingerprint density at radius 1 is 1.80 bits per heavy atom. The second-order valence-corrected chi connectivity index (χ2v) is 3.33. The van der Waals surface area contributed by atoms with Gasteiger partial charge < -0.3 is 4.74 Å². The molecule has 0 aromatic rings. The Morgan fingerprint density at radius 2 is 2.50 bits per heavy atom. The first-order chi connectivity index (χ1) is 4.83. The maximum atomic E-state index is 10.6. The smallest absolute Gasteiger partial charge is 0.243 e. The number of hydrogen-bond acceptors (Lipinski definition) is 4. The Bertz CT molecular complexity index is 127. The summed E-state index contributed by atoms with van der Waals surface area (Å²) >= 11 is 1.58. The van der Waals surface area contributed by atoms with E-state index in [1.807, 2.05) is 0 Å². The largest absolute Gasteiger partial charge is 0.379 e. The lowest BCUT2D eigenvalue weighted by molar-refractivity contribution is -0.118. The third-order valence-corrected chi connectivity index (χ3v) is 2.39. The maximum Gasteiger partial charge on any atom is 0.243 e. The monoisotopic (exact) mass is 162 g/mol. The summed E-state index contributed by atoms with van der Waals surface area (Å²) in [6.07, 6.45) is 0. The molecule has 0 aromatic heterocycles. The van der Waals surface area contributed by atoms with Gasteiger partial charge in [-0.15, -0.1) is 11.8 Å². The molecule has 3 N–H and O–H groups in total. The Hall–Kier alpha value is -0.260. The number of hydrogen-bond donors (Lipinski definition) is 2. The van der Waals surface area contributed by atoms with E-state index in [0.29, 0.717) is 11.0 Å². The van der Waals surface area contributed by atoms with Crippen LogP contribution in [0, 0.1) is 0 Å². The second kappa shape index (κ2) is 3.80. The molecular weight excluding hydrogens is 152 g/mol. The van der Waals surface area contributed by atoms with E-state index < -0.39 is 0 Å². The van der Waals surface area contributed by atoms with Gasteiger partial charge in [0.25, 0.3) is 0 Å². The minimum absolute atomic E-state index is 0.128. The van der Waals surface area contributed by atoms with Crippen molar-refractivity contribution in [1.29, 1.82) is 0 Å². The Morgan fingerprint density at radius 3 is 2.90 bits per heavy atom. The number of nitrogens with two attached hydrogens (primary N) is 1. The average Bonchev–Trinajstić information content (AvgIpc) is 1.84. The molecule has 1 rings (SSSR count). The Balaban J connectivity index is 1.98. The van der Waals surface area contributed by atoms with Gasteiger partial charge >= 0.3 is 0 Å². The molecule has 58 valence electrons. The van der Waals surface area contributed by atoms with E-state index >= 15 is 0 Å². The molecule has 1 fully saturated rings. The van der Waals surface area contributed by atoms with Gasteiger partial charge in [0, 0.05) is 0 Å². The van der Waals surface area contributed by atoms with E-state index in [0.717, 1.165) is 13.2 Å². The lowest BCUT2D eigenvalue weighted by atomic mass is 10.4. The first-order valence-corrected chi connectivity index (χ1v) is 4.06. The van der Waals surface area contributed by atoms with E-state index in [-0.39, 0.29) is 5.91 Å². The van der Waals surface area contributed by atoms with Crippen LogP contribution in [0.25, 0.3) is 0 Å². The fourth-order valence-electron chi connectivity index (χ4n) is 0.546. The first kappa shape index (κ1) is 7.84. The van der Waals surface area contributed by atoms with Crippen LogP contribution >= 0.6 is 11.8 Å². The second-order valence-electron chi connectivity index (χ2n) is 2.04. The number of nitrogens with one attached hydrogen (secondary N) is 1. The zero-order valence-electron chi connectivity index (χ0n) is 5.50. The minimum Gasteiger partial charge on any atom is -0.379 e. The Labute approximate surface area is 63.5 Å². The zero-order valence-corrected chi connectivity index (χ0v) is 6.32. The van der Waals surface area contributed by atoms with Crippen LogP contribution in [-0.4, -0.2) is 30.1 Å². The quantitative estimate of drug-likeness (QED) is 0.321. The lowest BCUT2D eigenvalue weighted by Crippen LogP contribution is -2.35. The molecule has 4 nitrogen and oxygen atoms in total. The van der Waals surface area contributed by atoms with Crippen molar-refractivity contribution in [2.75, 3.05) is 19.0 Å². The molecule has 5 heteroatoms. The predicted molar refractivity (Wildman–Crippen MR) is 39.4 cm³/mol. The van der Waals surface area contributed by atoms with E-state index in [1.54, 1.807) is 11.8 Å². The molecule has 0 unspecified atom stereocenters. The van der Waals surface area contributed by atoms with Gasteiger partial charge in [-0.2, -0.15) is 0 Å². The molecule has 0 spiro atoms. The molecule has 1 aliphatic heterocycles. The van der Waals surface area contributed by atoms with Crippen molar-refractivity contribution in [3.8, 4) is 0 Å². The van der Waals surface area contributed by atoms with Crippen molar-refractivity contribution in [2.24, 2.45) is 5.84 Å². The molecule has 0 aliphatic carbocycles. The summed E-state index contributed by atoms with van der Waals surface area (Å²) in [5, 5.41) is 0.497. The highest BCUT2D eigenvalue weighted by Crippen LogP contribution is 2.17. The molecule has 1 aliphatic rings. The van der Waals surface area contributed by atoms with Crippen LogP contribution in [0.15, 0.2) is 0 Å². The van der Waals surface area contributed by atoms with Crippen LogP contribution in [0.5, 0.6) is 0 Å². The summed E-state index contributed by atoms with van der Waals surface area (Å²) in [7, 11) is 0. The van der Waals surface area contributed by atoms with Crippen molar-refractivity contribution in [2.45, 2.75) is 5.25 Å². The highest BCUT2D eigenvalue weighted by molar-refractivity contribution is 8.00. The summed E-state index contributed by atoms with van der Waals surface area (Å²) in [5.41, 5.74) is 2.07. The molecule has 0 radical (unpaired) electrons. The molecular formula is C5H10N2O2S. The highest BCUT2D eigenvalue weighted by Gasteiger charge is 2.19. The topological polar surface area (TPSA) is 64.3 Å². The van der Waals surface area contributed by atoms with Gasteiger partial charge in [0.05, 0.1) is 24.2 Å².